The van der Waals surface area contributed by atoms with Crippen molar-refractivity contribution in [3.8, 4) is 0 Å². The summed E-state index contributed by atoms with van der Waals surface area (Å²) >= 11 is 0. The monoisotopic (exact) mass is 514 g/mol. The van der Waals surface area contributed by atoms with Gasteiger partial charge in [-0.1, -0.05) is 6.92 Å². The number of benzene rings is 1. The first-order chi connectivity index (χ1) is 16.3. The number of halogens is 2. The van der Waals surface area contributed by atoms with Crippen LogP contribution in [-0.2, 0) is 21.8 Å². The summed E-state index contributed by atoms with van der Waals surface area (Å²) in [6.45, 7) is 4.32. The van der Waals surface area contributed by atoms with E-state index in [2.05, 4.69) is 10.0 Å². The van der Waals surface area contributed by atoms with Crippen LogP contribution >= 0.6 is 0 Å². The maximum Gasteiger partial charge on any atom is 0.409 e. The molecule has 1 aromatic heterocycles. The lowest BCUT2D eigenvalue weighted by Gasteiger charge is -2.28. The van der Waals surface area contributed by atoms with E-state index in [1.54, 1.807) is 13.8 Å². The molecule has 2 aromatic rings. The molecule has 0 aliphatic carbocycles. The fraction of sp³-hybridized carbons (Fsp3) is 0.455. The molecule has 0 radical (unpaired) electrons. The number of anilines is 1. The molecule has 3 N–H and O–H groups in total. The maximum absolute atomic E-state index is 15.2. The van der Waals surface area contributed by atoms with Crippen LogP contribution in [0.1, 0.15) is 29.9 Å². The average Bonchev–Trinajstić information content (AvgIpc) is 3.27. The smallest absolute Gasteiger partial charge is 0.409 e. The number of hydrogen-bond donors (Lipinski definition) is 3. The van der Waals surface area contributed by atoms with Crippen LogP contribution in [0.4, 0.5) is 19.3 Å². The van der Waals surface area contributed by atoms with Crippen molar-refractivity contribution in [2.45, 2.75) is 31.7 Å². The van der Waals surface area contributed by atoms with Gasteiger partial charge < -0.3 is 24.6 Å². The number of nitrogens with one attached hydrogen (secondary N) is 2. The van der Waals surface area contributed by atoms with Crippen molar-refractivity contribution < 1.29 is 36.6 Å². The minimum atomic E-state index is -4.50. The number of carbonyl (C=O) groups is 2. The molecule has 1 aliphatic heterocycles. The van der Waals surface area contributed by atoms with E-state index >= 15 is 4.39 Å². The van der Waals surface area contributed by atoms with Crippen molar-refractivity contribution in [1.29, 1.82) is 0 Å². The third kappa shape index (κ3) is 5.31. The highest BCUT2D eigenvalue weighted by Gasteiger charge is 2.47. The van der Waals surface area contributed by atoms with Crippen LogP contribution in [0.25, 0.3) is 0 Å². The number of rotatable bonds is 7. The van der Waals surface area contributed by atoms with E-state index in [1.165, 1.54) is 31.0 Å². The zero-order chi connectivity index (χ0) is 26.1. The fourth-order valence-electron chi connectivity index (χ4n) is 3.92. The average molecular weight is 515 g/mol. The van der Waals surface area contributed by atoms with Gasteiger partial charge in [-0.3, -0.25) is 4.79 Å². The van der Waals surface area contributed by atoms with Crippen molar-refractivity contribution in [3.05, 3.63) is 47.3 Å². The van der Waals surface area contributed by atoms with Gasteiger partial charge >= 0.3 is 6.09 Å². The van der Waals surface area contributed by atoms with E-state index in [0.717, 1.165) is 16.8 Å². The molecule has 2 unspecified atom stereocenters. The van der Waals surface area contributed by atoms with E-state index < -0.39 is 62.3 Å². The van der Waals surface area contributed by atoms with Crippen molar-refractivity contribution in [2.75, 3.05) is 31.6 Å². The Morgan fingerprint density at radius 2 is 2.00 bits per heavy atom. The predicted octanol–water partition coefficient (Wildman–Crippen LogP) is 1.98. The summed E-state index contributed by atoms with van der Waals surface area (Å²) in [5.74, 6) is -2.68. The number of hydrogen-bond acceptors (Lipinski definition) is 6. The molecule has 2 amide bonds. The Hall–Kier alpha value is -3.03. The molecule has 10 nitrogen and oxygen atoms in total. The van der Waals surface area contributed by atoms with Crippen LogP contribution < -0.4 is 10.0 Å². The SMILES string of the molecule is CCOC(=O)N1CC(NS(=O)(=O)c2cn(C)c(C(=O)Nc3ccc(F)c(C)c3)c2F)C(C)(CO)C1. The molecule has 0 bridgehead atoms. The first kappa shape index (κ1) is 26.6. The van der Waals surface area contributed by atoms with E-state index in [0.29, 0.717) is 0 Å². The van der Waals surface area contributed by atoms with Crippen LogP contribution in [0.3, 0.4) is 0 Å². The summed E-state index contributed by atoms with van der Waals surface area (Å²) in [6.07, 6.45) is 0.298. The largest absolute Gasteiger partial charge is 0.450 e. The van der Waals surface area contributed by atoms with Crippen LogP contribution in [0.2, 0.25) is 0 Å². The van der Waals surface area contributed by atoms with Gasteiger partial charge in [0.15, 0.2) is 5.82 Å². The van der Waals surface area contributed by atoms with Gasteiger partial charge in [0, 0.05) is 43.5 Å². The molecule has 1 saturated heterocycles. The first-order valence-corrected chi connectivity index (χ1v) is 12.3. The molecular weight excluding hydrogens is 486 g/mol. The fourth-order valence-corrected chi connectivity index (χ4v) is 5.41. The number of aryl methyl sites for hydroxylation is 2. The Balaban J connectivity index is 1.85. The molecule has 35 heavy (non-hydrogen) atoms. The van der Waals surface area contributed by atoms with Crippen molar-refractivity contribution in [2.24, 2.45) is 12.5 Å². The van der Waals surface area contributed by atoms with E-state index in [4.69, 9.17) is 4.74 Å². The van der Waals surface area contributed by atoms with Crippen LogP contribution in [0.15, 0.2) is 29.3 Å². The second kappa shape index (κ2) is 9.91. The Labute approximate surface area is 201 Å². The Bertz CT molecular complexity index is 1250. The summed E-state index contributed by atoms with van der Waals surface area (Å²) in [5.41, 5.74) is -1.12. The minimum Gasteiger partial charge on any atom is -0.450 e. The van der Waals surface area contributed by atoms with Crippen LogP contribution in [0.5, 0.6) is 0 Å². The number of amides is 2. The van der Waals surface area contributed by atoms with Gasteiger partial charge in [0.25, 0.3) is 5.91 Å². The number of aromatic nitrogens is 1. The lowest BCUT2D eigenvalue weighted by molar-refractivity contribution is 0.100. The minimum absolute atomic E-state index is 0.0253. The molecule has 1 aromatic carbocycles. The third-order valence-corrected chi connectivity index (χ3v) is 7.45. The Morgan fingerprint density at radius 1 is 1.31 bits per heavy atom. The number of aliphatic hydroxyl groups is 1. The quantitative estimate of drug-likeness (QED) is 0.518. The normalized spacial score (nSPS) is 20.2. The van der Waals surface area contributed by atoms with Crippen molar-refractivity contribution >= 4 is 27.7 Å². The van der Waals surface area contributed by atoms with Gasteiger partial charge in [-0.05, 0) is 37.6 Å². The Kier molecular flexibility index (Phi) is 7.53. The number of likely N-dealkylation sites (tertiary alicyclic amines) is 1. The number of nitrogens with zero attached hydrogens (tertiary/aromatic N) is 2. The number of aliphatic hydroxyl groups excluding tert-OH is 1. The van der Waals surface area contributed by atoms with Gasteiger partial charge in [-0.25, -0.2) is 26.7 Å². The third-order valence-electron chi connectivity index (χ3n) is 5.99. The Morgan fingerprint density at radius 3 is 2.60 bits per heavy atom. The molecule has 2 heterocycles. The lowest BCUT2D eigenvalue weighted by Crippen LogP contribution is -2.47. The topological polar surface area (TPSA) is 130 Å². The molecule has 1 aliphatic rings. The number of carbonyl (C=O) groups excluding carboxylic acids is 2. The molecule has 0 spiro atoms. The first-order valence-electron chi connectivity index (χ1n) is 10.8. The van der Waals surface area contributed by atoms with Crippen LogP contribution in [-0.4, -0.2) is 67.3 Å². The second-order valence-electron chi connectivity index (χ2n) is 8.75. The second-order valence-corrected chi connectivity index (χ2v) is 10.4. The summed E-state index contributed by atoms with van der Waals surface area (Å²) in [7, 11) is -3.19. The van der Waals surface area contributed by atoms with Gasteiger partial charge in [0.05, 0.1) is 13.2 Å². The number of ether oxygens (including phenoxy) is 1. The van der Waals surface area contributed by atoms with Crippen molar-refractivity contribution in [3.63, 3.8) is 0 Å². The lowest BCUT2D eigenvalue weighted by atomic mass is 9.87. The zero-order valence-electron chi connectivity index (χ0n) is 19.8. The predicted molar refractivity (Wildman–Crippen MR) is 122 cm³/mol. The molecule has 3 rings (SSSR count). The highest BCUT2D eigenvalue weighted by Crippen LogP contribution is 2.32. The summed E-state index contributed by atoms with van der Waals surface area (Å²) < 4.78 is 63.2. The molecule has 13 heteroatoms. The van der Waals surface area contributed by atoms with E-state index in [9.17, 15) is 27.5 Å². The standard InChI is InChI=1S/C22H28F2N4O6S/c1-5-34-21(31)28-10-17(22(3,11-28)12-29)26-35(32,33)16-9-27(4)19(18(16)24)20(30)25-14-6-7-15(23)13(2)8-14/h6-9,17,26,29H,5,10-12H2,1-4H3,(H,25,30). The van der Waals surface area contributed by atoms with Gasteiger partial charge in [-0.2, -0.15) is 0 Å². The van der Waals surface area contributed by atoms with Crippen LogP contribution in [0, 0.1) is 24.0 Å². The van der Waals surface area contributed by atoms with E-state index in [-0.39, 0.29) is 30.9 Å². The van der Waals surface area contributed by atoms with Crippen molar-refractivity contribution in [1.82, 2.24) is 14.2 Å². The maximum atomic E-state index is 15.2. The zero-order valence-corrected chi connectivity index (χ0v) is 20.6. The summed E-state index contributed by atoms with van der Waals surface area (Å²) in [5, 5.41) is 12.3. The highest BCUT2D eigenvalue weighted by atomic mass is 32.2. The number of sulfonamides is 1. The highest BCUT2D eigenvalue weighted by molar-refractivity contribution is 7.89. The summed E-state index contributed by atoms with van der Waals surface area (Å²) in [4.78, 5) is 25.3. The molecule has 192 valence electrons. The van der Waals surface area contributed by atoms with E-state index in [1.807, 2.05) is 0 Å². The van der Waals surface area contributed by atoms with Gasteiger partial charge in [-0.15, -0.1) is 0 Å². The molecular formula is C22H28F2N4O6S. The molecule has 1 fully saturated rings. The molecule has 2 atom stereocenters. The van der Waals surface area contributed by atoms with Gasteiger partial charge in [0.1, 0.15) is 16.4 Å². The van der Waals surface area contributed by atoms with Gasteiger partial charge in [0.2, 0.25) is 10.0 Å². The summed E-state index contributed by atoms with van der Waals surface area (Å²) in [6, 6.07) is 2.86. The molecule has 0 saturated carbocycles.